The van der Waals surface area contributed by atoms with Gasteiger partial charge in [-0.15, -0.1) is 0 Å². The van der Waals surface area contributed by atoms with Gasteiger partial charge in [0.05, 0.1) is 0 Å². The Morgan fingerprint density at radius 1 is 1.42 bits per heavy atom. The smallest absolute Gasteiger partial charge is 0.217 e. The second kappa shape index (κ2) is 6.35. The lowest BCUT2D eigenvalue weighted by Gasteiger charge is -2.31. The van der Waals surface area contributed by atoms with Crippen LogP contribution in [-0.2, 0) is 11.3 Å². The molecule has 2 rings (SSSR count). The van der Waals surface area contributed by atoms with Gasteiger partial charge < -0.3 is 5.73 Å². The molecule has 1 aromatic rings. The summed E-state index contributed by atoms with van der Waals surface area (Å²) < 4.78 is 13.7. The number of hydrogen-bond donors (Lipinski definition) is 1. The first kappa shape index (κ1) is 14.3. The van der Waals surface area contributed by atoms with Crippen LogP contribution in [0.25, 0.3) is 0 Å². The number of primary amides is 1. The standard InChI is InChI=1S/C14H18ClFN2O/c15-12-2-1-3-13(16)11(12)9-18-6-4-10(5-7-18)8-14(17)19/h1-3,10H,4-9H2,(H2,17,19). The molecule has 0 radical (unpaired) electrons. The fourth-order valence-electron chi connectivity index (χ4n) is 2.54. The Bertz CT molecular complexity index is 439. The van der Waals surface area contributed by atoms with E-state index in [2.05, 4.69) is 4.90 Å². The van der Waals surface area contributed by atoms with E-state index in [4.69, 9.17) is 17.3 Å². The van der Waals surface area contributed by atoms with Gasteiger partial charge in [-0.25, -0.2) is 4.39 Å². The molecule has 0 aromatic heterocycles. The predicted octanol–water partition coefficient (Wildman–Crippen LogP) is 2.57. The van der Waals surface area contributed by atoms with Gasteiger partial charge in [0.1, 0.15) is 5.82 Å². The summed E-state index contributed by atoms with van der Waals surface area (Å²) in [7, 11) is 0. The zero-order chi connectivity index (χ0) is 13.8. The van der Waals surface area contributed by atoms with E-state index in [1.165, 1.54) is 6.07 Å². The first-order valence-corrected chi connectivity index (χ1v) is 6.87. The average molecular weight is 285 g/mol. The molecule has 2 N–H and O–H groups in total. The van der Waals surface area contributed by atoms with Crippen LogP contribution < -0.4 is 5.73 Å². The number of nitrogens with two attached hydrogens (primary N) is 1. The van der Waals surface area contributed by atoms with Gasteiger partial charge >= 0.3 is 0 Å². The van der Waals surface area contributed by atoms with E-state index in [-0.39, 0.29) is 11.7 Å². The van der Waals surface area contributed by atoms with Crippen LogP contribution in [0.5, 0.6) is 0 Å². The van der Waals surface area contributed by atoms with E-state index in [9.17, 15) is 9.18 Å². The number of nitrogens with zero attached hydrogens (tertiary/aromatic N) is 1. The third kappa shape index (κ3) is 3.91. The van der Waals surface area contributed by atoms with Gasteiger partial charge in [0, 0.05) is 23.6 Å². The van der Waals surface area contributed by atoms with Gasteiger partial charge in [-0.2, -0.15) is 0 Å². The molecule has 0 bridgehead atoms. The molecule has 3 nitrogen and oxygen atoms in total. The van der Waals surface area contributed by atoms with Crippen molar-refractivity contribution in [2.24, 2.45) is 11.7 Å². The van der Waals surface area contributed by atoms with E-state index in [1.54, 1.807) is 12.1 Å². The molecule has 1 aromatic carbocycles. The number of piperidine rings is 1. The summed E-state index contributed by atoms with van der Waals surface area (Å²) in [6, 6.07) is 4.75. The molecule has 1 saturated heterocycles. The van der Waals surface area contributed by atoms with E-state index < -0.39 is 0 Å². The van der Waals surface area contributed by atoms with Crippen molar-refractivity contribution in [3.8, 4) is 0 Å². The minimum atomic E-state index is -0.258. The van der Waals surface area contributed by atoms with Crippen molar-refractivity contribution in [3.05, 3.63) is 34.6 Å². The Balaban J connectivity index is 1.91. The highest BCUT2D eigenvalue weighted by Gasteiger charge is 2.21. The number of likely N-dealkylation sites (tertiary alicyclic amines) is 1. The Morgan fingerprint density at radius 2 is 2.11 bits per heavy atom. The number of hydrogen-bond acceptors (Lipinski definition) is 2. The fourth-order valence-corrected chi connectivity index (χ4v) is 2.76. The van der Waals surface area contributed by atoms with Crippen LogP contribution in [0.4, 0.5) is 4.39 Å². The van der Waals surface area contributed by atoms with Crippen molar-refractivity contribution in [2.75, 3.05) is 13.1 Å². The molecule has 1 aliphatic heterocycles. The maximum Gasteiger partial charge on any atom is 0.217 e. The molecule has 0 aliphatic carbocycles. The summed E-state index contributed by atoms with van der Waals surface area (Å²) in [4.78, 5) is 13.0. The Morgan fingerprint density at radius 3 is 2.68 bits per heavy atom. The molecular weight excluding hydrogens is 267 g/mol. The Hall–Kier alpha value is -1.13. The van der Waals surface area contributed by atoms with Crippen LogP contribution in [-0.4, -0.2) is 23.9 Å². The molecular formula is C14H18ClFN2O. The van der Waals surface area contributed by atoms with Crippen LogP contribution >= 0.6 is 11.6 Å². The van der Waals surface area contributed by atoms with Crippen molar-refractivity contribution in [3.63, 3.8) is 0 Å². The fraction of sp³-hybridized carbons (Fsp3) is 0.500. The van der Waals surface area contributed by atoms with Crippen molar-refractivity contribution in [2.45, 2.75) is 25.8 Å². The topological polar surface area (TPSA) is 46.3 Å². The highest BCUT2D eigenvalue weighted by Crippen LogP contribution is 2.25. The minimum absolute atomic E-state index is 0.240. The normalized spacial score (nSPS) is 17.6. The van der Waals surface area contributed by atoms with Crippen LogP contribution in [0.2, 0.25) is 5.02 Å². The van der Waals surface area contributed by atoms with E-state index >= 15 is 0 Å². The molecule has 0 saturated carbocycles. The second-order valence-electron chi connectivity index (χ2n) is 5.09. The summed E-state index contributed by atoms with van der Waals surface area (Å²) >= 11 is 6.02. The van der Waals surface area contributed by atoms with Gasteiger partial charge in [0.2, 0.25) is 5.91 Å². The third-order valence-corrected chi connectivity index (χ3v) is 3.99. The molecule has 1 amide bonds. The van der Waals surface area contributed by atoms with Crippen LogP contribution in [0.15, 0.2) is 18.2 Å². The van der Waals surface area contributed by atoms with Crippen LogP contribution in [0.3, 0.4) is 0 Å². The first-order valence-electron chi connectivity index (χ1n) is 6.50. The van der Waals surface area contributed by atoms with Gasteiger partial charge in [0.15, 0.2) is 0 Å². The molecule has 1 aliphatic rings. The molecule has 0 unspecified atom stereocenters. The molecule has 104 valence electrons. The third-order valence-electron chi connectivity index (χ3n) is 3.64. The lowest BCUT2D eigenvalue weighted by atomic mass is 9.93. The van der Waals surface area contributed by atoms with Crippen LogP contribution in [0, 0.1) is 11.7 Å². The van der Waals surface area contributed by atoms with Crippen LogP contribution in [0.1, 0.15) is 24.8 Å². The number of halogens is 2. The largest absolute Gasteiger partial charge is 0.370 e. The number of carbonyl (C=O) groups excluding carboxylic acids is 1. The van der Waals surface area contributed by atoms with Crippen molar-refractivity contribution >= 4 is 17.5 Å². The number of rotatable bonds is 4. The lowest BCUT2D eigenvalue weighted by Crippen LogP contribution is -2.34. The highest BCUT2D eigenvalue weighted by atomic mass is 35.5. The summed E-state index contributed by atoms with van der Waals surface area (Å²) in [5, 5.41) is 0.472. The Kier molecular flexibility index (Phi) is 4.77. The van der Waals surface area contributed by atoms with E-state index in [1.807, 2.05) is 0 Å². The number of carbonyl (C=O) groups is 1. The summed E-state index contributed by atoms with van der Waals surface area (Å²) in [5.41, 5.74) is 5.75. The minimum Gasteiger partial charge on any atom is -0.370 e. The maximum atomic E-state index is 13.7. The first-order chi connectivity index (χ1) is 9.06. The number of benzene rings is 1. The van der Waals surface area contributed by atoms with Gasteiger partial charge in [-0.3, -0.25) is 9.69 Å². The van der Waals surface area contributed by atoms with Crippen molar-refractivity contribution in [1.29, 1.82) is 0 Å². The average Bonchev–Trinajstić information content (AvgIpc) is 2.35. The predicted molar refractivity (Wildman–Crippen MR) is 73.2 cm³/mol. The number of amides is 1. The van der Waals surface area contributed by atoms with Gasteiger partial charge in [0.25, 0.3) is 0 Å². The van der Waals surface area contributed by atoms with E-state index in [0.717, 1.165) is 25.9 Å². The highest BCUT2D eigenvalue weighted by molar-refractivity contribution is 6.31. The molecule has 19 heavy (non-hydrogen) atoms. The molecule has 1 fully saturated rings. The molecule has 0 atom stereocenters. The van der Waals surface area contributed by atoms with Crippen molar-refractivity contribution < 1.29 is 9.18 Å². The Labute approximate surface area is 117 Å². The molecule has 1 heterocycles. The lowest BCUT2D eigenvalue weighted by molar-refractivity contribution is -0.119. The van der Waals surface area contributed by atoms with E-state index in [0.29, 0.717) is 29.5 Å². The summed E-state index contributed by atoms with van der Waals surface area (Å²) in [6.07, 6.45) is 2.30. The quantitative estimate of drug-likeness (QED) is 0.924. The van der Waals surface area contributed by atoms with Crippen molar-refractivity contribution in [1.82, 2.24) is 4.90 Å². The second-order valence-corrected chi connectivity index (χ2v) is 5.50. The van der Waals surface area contributed by atoms with Gasteiger partial charge in [-0.1, -0.05) is 17.7 Å². The zero-order valence-corrected chi connectivity index (χ0v) is 11.5. The van der Waals surface area contributed by atoms with Gasteiger partial charge in [-0.05, 0) is 44.0 Å². The monoisotopic (exact) mass is 284 g/mol. The summed E-state index contributed by atoms with van der Waals surface area (Å²) in [6.45, 7) is 2.22. The molecule has 0 spiro atoms. The maximum absolute atomic E-state index is 13.7. The summed E-state index contributed by atoms with van der Waals surface area (Å²) in [5.74, 6) is -0.132. The molecule has 5 heteroatoms. The zero-order valence-electron chi connectivity index (χ0n) is 10.7. The SMILES string of the molecule is NC(=O)CC1CCN(Cc2c(F)cccc2Cl)CC1.